The highest BCUT2D eigenvalue weighted by Gasteiger charge is 1.97. The molecule has 14 heavy (non-hydrogen) atoms. The van der Waals surface area contributed by atoms with Gasteiger partial charge in [0.2, 0.25) is 0 Å². The molecule has 0 atom stereocenters. The molecule has 0 aliphatic rings. The third-order valence-electron chi connectivity index (χ3n) is 1.45. The molecule has 0 heterocycles. The molecule has 0 rings (SSSR count). The Labute approximate surface area is 89.7 Å². The van der Waals surface area contributed by atoms with Crippen molar-refractivity contribution in [2.75, 3.05) is 7.05 Å². The SMILES string of the molecule is C=C(/C=C\N(C)O)C(Cl)=N/C(C)=C/C. The third kappa shape index (κ3) is 5.56. The first-order valence-corrected chi connectivity index (χ1v) is 4.51. The molecule has 0 bridgehead atoms. The van der Waals surface area contributed by atoms with Gasteiger partial charge in [0.25, 0.3) is 0 Å². The van der Waals surface area contributed by atoms with Crippen LogP contribution in [0.1, 0.15) is 13.8 Å². The first-order valence-electron chi connectivity index (χ1n) is 4.13. The normalized spacial score (nSPS) is 13.5. The molecule has 0 amide bonds. The van der Waals surface area contributed by atoms with E-state index in [4.69, 9.17) is 16.8 Å². The number of hydrogen-bond acceptors (Lipinski definition) is 3. The van der Waals surface area contributed by atoms with Crippen molar-refractivity contribution in [3.05, 3.63) is 36.2 Å². The lowest BCUT2D eigenvalue weighted by molar-refractivity contribution is -0.0128. The second-order valence-electron chi connectivity index (χ2n) is 2.75. The first kappa shape index (κ1) is 12.9. The summed E-state index contributed by atoms with van der Waals surface area (Å²) in [5, 5.41) is 10.1. The Kier molecular flexibility index (Phi) is 5.92. The van der Waals surface area contributed by atoms with E-state index >= 15 is 0 Å². The Morgan fingerprint density at radius 1 is 1.57 bits per heavy atom. The topological polar surface area (TPSA) is 35.8 Å². The number of rotatable bonds is 4. The molecule has 1 N–H and O–H groups in total. The summed E-state index contributed by atoms with van der Waals surface area (Å²) in [5.74, 6) is 0. The Hall–Kier alpha value is -1.06. The summed E-state index contributed by atoms with van der Waals surface area (Å²) < 4.78 is 0. The fraction of sp³-hybridized carbons (Fsp3) is 0.300. The van der Waals surface area contributed by atoms with Crippen LogP contribution in [-0.2, 0) is 0 Å². The molecule has 0 aromatic carbocycles. The van der Waals surface area contributed by atoms with E-state index in [9.17, 15) is 0 Å². The van der Waals surface area contributed by atoms with Gasteiger partial charge >= 0.3 is 0 Å². The maximum absolute atomic E-state index is 8.82. The van der Waals surface area contributed by atoms with Gasteiger partial charge in [-0.05, 0) is 19.9 Å². The third-order valence-corrected chi connectivity index (χ3v) is 1.78. The molecule has 0 fully saturated rings. The van der Waals surface area contributed by atoms with Crippen LogP contribution < -0.4 is 0 Å². The van der Waals surface area contributed by atoms with E-state index in [0.717, 1.165) is 10.8 Å². The molecular formula is C10H15ClN2O. The average molecular weight is 215 g/mol. The van der Waals surface area contributed by atoms with Gasteiger partial charge in [-0.15, -0.1) is 0 Å². The zero-order chi connectivity index (χ0) is 11.1. The fourth-order valence-electron chi connectivity index (χ4n) is 0.558. The van der Waals surface area contributed by atoms with Crippen molar-refractivity contribution in [3.63, 3.8) is 0 Å². The minimum absolute atomic E-state index is 0.318. The van der Waals surface area contributed by atoms with Crippen LogP contribution in [0.2, 0.25) is 0 Å². The van der Waals surface area contributed by atoms with Gasteiger partial charge in [0.05, 0.1) is 0 Å². The smallest absolute Gasteiger partial charge is 0.135 e. The lowest BCUT2D eigenvalue weighted by Gasteiger charge is -2.02. The molecule has 0 unspecified atom stereocenters. The molecule has 0 saturated carbocycles. The summed E-state index contributed by atoms with van der Waals surface area (Å²) in [4.78, 5) is 4.07. The van der Waals surface area contributed by atoms with E-state index in [-0.39, 0.29) is 0 Å². The summed E-state index contributed by atoms with van der Waals surface area (Å²) in [7, 11) is 1.49. The minimum Gasteiger partial charge on any atom is -0.289 e. The summed E-state index contributed by atoms with van der Waals surface area (Å²) in [6.07, 6.45) is 4.86. The molecular weight excluding hydrogens is 200 g/mol. The lowest BCUT2D eigenvalue weighted by Crippen LogP contribution is -2.02. The predicted molar refractivity (Wildman–Crippen MR) is 60.5 cm³/mol. The highest BCUT2D eigenvalue weighted by atomic mass is 35.5. The van der Waals surface area contributed by atoms with Crippen molar-refractivity contribution in [1.82, 2.24) is 5.06 Å². The van der Waals surface area contributed by atoms with Gasteiger partial charge in [0.15, 0.2) is 0 Å². The van der Waals surface area contributed by atoms with E-state index in [0.29, 0.717) is 10.7 Å². The number of allylic oxidation sites excluding steroid dienone is 4. The fourth-order valence-corrected chi connectivity index (χ4v) is 0.754. The van der Waals surface area contributed by atoms with Crippen LogP contribution >= 0.6 is 11.6 Å². The molecule has 0 spiro atoms. The Morgan fingerprint density at radius 3 is 2.57 bits per heavy atom. The monoisotopic (exact) mass is 214 g/mol. The number of nitrogens with zero attached hydrogens (tertiary/aromatic N) is 2. The van der Waals surface area contributed by atoms with Gasteiger partial charge < -0.3 is 0 Å². The zero-order valence-corrected chi connectivity index (χ0v) is 9.41. The Bertz CT molecular complexity index is 290. The highest BCUT2D eigenvalue weighted by molar-refractivity contribution is 6.70. The van der Waals surface area contributed by atoms with Crippen molar-refractivity contribution in [1.29, 1.82) is 0 Å². The standard InChI is InChI=1S/C10H15ClN2O/c1-5-9(3)12-10(11)8(2)6-7-13(4)14/h5-7,14H,2H2,1,3-4H3/b7-6-,9-5+,12-10?. The van der Waals surface area contributed by atoms with Crippen LogP contribution in [0.25, 0.3) is 0 Å². The molecule has 0 aliphatic carbocycles. The number of aliphatic imine (C=N–C) groups is 1. The van der Waals surface area contributed by atoms with Crippen LogP contribution in [0.15, 0.2) is 41.2 Å². The molecule has 3 nitrogen and oxygen atoms in total. The largest absolute Gasteiger partial charge is 0.289 e. The van der Waals surface area contributed by atoms with Crippen molar-refractivity contribution in [2.24, 2.45) is 4.99 Å². The minimum atomic E-state index is 0.318. The first-order chi connectivity index (χ1) is 6.47. The van der Waals surface area contributed by atoms with E-state index in [1.807, 2.05) is 19.9 Å². The van der Waals surface area contributed by atoms with Gasteiger partial charge in [0.1, 0.15) is 5.17 Å². The van der Waals surface area contributed by atoms with Crippen LogP contribution in [0.4, 0.5) is 0 Å². The number of hydroxylamine groups is 2. The van der Waals surface area contributed by atoms with Crippen molar-refractivity contribution in [2.45, 2.75) is 13.8 Å². The molecule has 78 valence electrons. The van der Waals surface area contributed by atoms with E-state index < -0.39 is 0 Å². The average Bonchev–Trinajstić information content (AvgIpc) is 2.13. The van der Waals surface area contributed by atoms with E-state index in [1.54, 1.807) is 6.08 Å². The zero-order valence-electron chi connectivity index (χ0n) is 8.66. The number of halogens is 1. The van der Waals surface area contributed by atoms with Crippen LogP contribution in [0.3, 0.4) is 0 Å². The van der Waals surface area contributed by atoms with E-state index in [2.05, 4.69) is 11.6 Å². The summed E-state index contributed by atoms with van der Waals surface area (Å²) in [6.45, 7) is 7.42. The van der Waals surface area contributed by atoms with Crippen molar-refractivity contribution < 1.29 is 5.21 Å². The molecule has 0 aliphatic heterocycles. The predicted octanol–water partition coefficient (Wildman–Crippen LogP) is 2.94. The molecule has 0 saturated heterocycles. The van der Waals surface area contributed by atoms with Crippen LogP contribution in [0, 0.1) is 0 Å². The maximum Gasteiger partial charge on any atom is 0.135 e. The molecule has 0 aromatic rings. The van der Waals surface area contributed by atoms with Crippen LogP contribution in [0.5, 0.6) is 0 Å². The van der Waals surface area contributed by atoms with Crippen molar-refractivity contribution >= 4 is 16.8 Å². The summed E-state index contributed by atoms with van der Waals surface area (Å²) in [5.41, 5.74) is 1.37. The second kappa shape index (κ2) is 6.40. The summed E-state index contributed by atoms with van der Waals surface area (Å²) >= 11 is 5.85. The van der Waals surface area contributed by atoms with Gasteiger partial charge in [-0.25, -0.2) is 4.99 Å². The van der Waals surface area contributed by atoms with Crippen molar-refractivity contribution in [3.8, 4) is 0 Å². The van der Waals surface area contributed by atoms with Gasteiger partial charge in [0, 0.05) is 24.5 Å². The van der Waals surface area contributed by atoms with E-state index in [1.165, 1.54) is 13.2 Å². The highest BCUT2D eigenvalue weighted by Crippen LogP contribution is 2.06. The van der Waals surface area contributed by atoms with Gasteiger partial charge in [-0.3, -0.25) is 10.3 Å². The number of hydrogen-bond donors (Lipinski definition) is 1. The molecule has 0 aromatic heterocycles. The maximum atomic E-state index is 8.82. The molecule has 0 radical (unpaired) electrons. The Balaban J connectivity index is 4.48. The van der Waals surface area contributed by atoms with Gasteiger partial charge in [-0.1, -0.05) is 24.3 Å². The summed E-state index contributed by atoms with van der Waals surface area (Å²) in [6, 6.07) is 0. The van der Waals surface area contributed by atoms with Gasteiger partial charge in [-0.2, -0.15) is 0 Å². The lowest BCUT2D eigenvalue weighted by atomic mass is 10.3. The van der Waals surface area contributed by atoms with Crippen LogP contribution in [-0.4, -0.2) is 22.5 Å². The Morgan fingerprint density at radius 2 is 2.14 bits per heavy atom. The second-order valence-corrected chi connectivity index (χ2v) is 3.11. The quantitative estimate of drug-likeness (QED) is 0.444. The molecule has 4 heteroatoms.